The first-order chi connectivity index (χ1) is 11.1. The Balaban J connectivity index is 1.74. The van der Waals surface area contributed by atoms with Gasteiger partial charge in [0, 0.05) is 15.6 Å². The Bertz CT molecular complexity index is 840. The fourth-order valence-electron chi connectivity index (χ4n) is 2.18. The summed E-state index contributed by atoms with van der Waals surface area (Å²) in [6.45, 7) is 2.00. The van der Waals surface area contributed by atoms with Crippen LogP contribution in [0.3, 0.4) is 0 Å². The molecule has 0 saturated carbocycles. The van der Waals surface area contributed by atoms with Crippen LogP contribution in [0.2, 0.25) is 0 Å². The van der Waals surface area contributed by atoms with Crippen LogP contribution in [0.25, 0.3) is 17.4 Å². The smallest absolute Gasteiger partial charge is 0.185 e. The van der Waals surface area contributed by atoms with Crippen molar-refractivity contribution in [2.24, 2.45) is 0 Å². The third-order valence-electron chi connectivity index (χ3n) is 3.49. The average Bonchev–Trinajstić information content (AvgIpc) is 3.03. The number of ketones is 1. The lowest BCUT2D eigenvalue weighted by Gasteiger charge is -1.97. The lowest BCUT2D eigenvalue weighted by Crippen LogP contribution is -1.93. The standard InChI is InChI=1S/C20H15BrO2/c1-14-2-4-15(5-3-14)19(22)12-10-18-11-13-20(23-18)16-6-8-17(21)9-7-16/h2-13H,1H3/b12-10+. The molecule has 2 nitrogen and oxygen atoms in total. The van der Waals surface area contributed by atoms with E-state index in [4.69, 9.17) is 4.42 Å². The molecule has 0 N–H and O–H groups in total. The number of rotatable bonds is 4. The second-order valence-electron chi connectivity index (χ2n) is 5.27. The lowest BCUT2D eigenvalue weighted by molar-refractivity contribution is 0.104. The van der Waals surface area contributed by atoms with Crippen molar-refractivity contribution < 1.29 is 9.21 Å². The molecule has 0 aliphatic rings. The predicted molar refractivity (Wildman–Crippen MR) is 96.4 cm³/mol. The third-order valence-corrected chi connectivity index (χ3v) is 4.02. The highest BCUT2D eigenvalue weighted by molar-refractivity contribution is 9.10. The first-order valence-corrected chi connectivity index (χ1v) is 8.06. The van der Waals surface area contributed by atoms with Crippen molar-refractivity contribution in [1.29, 1.82) is 0 Å². The van der Waals surface area contributed by atoms with Gasteiger partial charge in [-0.05, 0) is 43.3 Å². The zero-order chi connectivity index (χ0) is 16.2. The molecule has 0 unspecified atom stereocenters. The molecule has 114 valence electrons. The number of halogens is 1. The maximum atomic E-state index is 12.1. The molecule has 23 heavy (non-hydrogen) atoms. The fraction of sp³-hybridized carbons (Fsp3) is 0.0500. The fourth-order valence-corrected chi connectivity index (χ4v) is 2.45. The molecule has 3 aromatic rings. The van der Waals surface area contributed by atoms with E-state index < -0.39 is 0 Å². The van der Waals surface area contributed by atoms with Gasteiger partial charge in [-0.3, -0.25) is 4.79 Å². The van der Waals surface area contributed by atoms with Gasteiger partial charge in [0.25, 0.3) is 0 Å². The van der Waals surface area contributed by atoms with E-state index in [1.165, 1.54) is 6.08 Å². The molecule has 1 heterocycles. The van der Waals surface area contributed by atoms with Crippen LogP contribution >= 0.6 is 15.9 Å². The molecule has 0 bridgehead atoms. The summed E-state index contributed by atoms with van der Waals surface area (Å²) < 4.78 is 6.79. The summed E-state index contributed by atoms with van der Waals surface area (Å²) in [6.07, 6.45) is 3.24. The van der Waals surface area contributed by atoms with Crippen LogP contribution in [-0.2, 0) is 0 Å². The number of benzene rings is 2. The van der Waals surface area contributed by atoms with Crippen molar-refractivity contribution in [1.82, 2.24) is 0 Å². The van der Waals surface area contributed by atoms with E-state index in [1.807, 2.05) is 67.6 Å². The molecule has 0 aliphatic carbocycles. The summed E-state index contributed by atoms with van der Waals surface area (Å²) in [7, 11) is 0. The van der Waals surface area contributed by atoms with Gasteiger partial charge in [-0.2, -0.15) is 0 Å². The van der Waals surface area contributed by atoms with Gasteiger partial charge in [-0.25, -0.2) is 0 Å². The molecule has 0 fully saturated rings. The van der Waals surface area contributed by atoms with Crippen LogP contribution < -0.4 is 0 Å². The SMILES string of the molecule is Cc1ccc(C(=O)/C=C/c2ccc(-c3ccc(Br)cc3)o2)cc1. The maximum Gasteiger partial charge on any atom is 0.185 e. The molecular weight excluding hydrogens is 352 g/mol. The van der Waals surface area contributed by atoms with Crippen molar-refractivity contribution in [3.63, 3.8) is 0 Å². The molecule has 0 saturated heterocycles. The predicted octanol–water partition coefficient (Wildman–Crippen LogP) is 5.91. The average molecular weight is 367 g/mol. The number of allylic oxidation sites excluding steroid dienone is 1. The van der Waals surface area contributed by atoms with Gasteiger partial charge >= 0.3 is 0 Å². The number of carbonyl (C=O) groups is 1. The first kappa shape index (κ1) is 15.5. The van der Waals surface area contributed by atoms with Crippen molar-refractivity contribution in [3.8, 4) is 11.3 Å². The summed E-state index contributed by atoms with van der Waals surface area (Å²) >= 11 is 3.41. The van der Waals surface area contributed by atoms with Crippen LogP contribution in [0.4, 0.5) is 0 Å². The van der Waals surface area contributed by atoms with Gasteiger partial charge < -0.3 is 4.42 Å². The van der Waals surface area contributed by atoms with Crippen LogP contribution in [0.15, 0.2) is 75.6 Å². The minimum Gasteiger partial charge on any atom is -0.457 e. The van der Waals surface area contributed by atoms with E-state index in [2.05, 4.69) is 15.9 Å². The van der Waals surface area contributed by atoms with Crippen LogP contribution in [0.1, 0.15) is 21.7 Å². The lowest BCUT2D eigenvalue weighted by atomic mass is 10.1. The van der Waals surface area contributed by atoms with E-state index >= 15 is 0 Å². The second-order valence-corrected chi connectivity index (χ2v) is 6.19. The Kier molecular flexibility index (Phi) is 4.58. The summed E-state index contributed by atoms with van der Waals surface area (Å²) in [5.74, 6) is 1.40. The molecule has 0 atom stereocenters. The van der Waals surface area contributed by atoms with E-state index in [-0.39, 0.29) is 5.78 Å². The van der Waals surface area contributed by atoms with Gasteiger partial charge in [0.1, 0.15) is 11.5 Å². The number of carbonyl (C=O) groups excluding carboxylic acids is 1. The molecule has 0 aliphatic heterocycles. The Morgan fingerprint density at radius 3 is 2.35 bits per heavy atom. The maximum absolute atomic E-state index is 12.1. The summed E-state index contributed by atoms with van der Waals surface area (Å²) in [6, 6.07) is 19.2. The van der Waals surface area contributed by atoms with Gasteiger partial charge in [-0.15, -0.1) is 0 Å². The number of hydrogen-bond donors (Lipinski definition) is 0. The minimum absolute atomic E-state index is 0.0356. The van der Waals surface area contributed by atoms with Gasteiger partial charge in [0.05, 0.1) is 0 Å². The molecule has 3 rings (SSSR count). The van der Waals surface area contributed by atoms with Crippen molar-refractivity contribution in [3.05, 3.63) is 88.1 Å². The Morgan fingerprint density at radius 2 is 1.65 bits per heavy atom. The monoisotopic (exact) mass is 366 g/mol. The minimum atomic E-state index is -0.0356. The first-order valence-electron chi connectivity index (χ1n) is 7.27. The Labute approximate surface area is 143 Å². The number of aryl methyl sites for hydroxylation is 1. The molecule has 0 radical (unpaired) electrons. The molecule has 2 aromatic carbocycles. The van der Waals surface area contributed by atoms with Crippen LogP contribution in [-0.4, -0.2) is 5.78 Å². The summed E-state index contributed by atoms with van der Waals surface area (Å²) in [5.41, 5.74) is 2.81. The van der Waals surface area contributed by atoms with Gasteiger partial charge in [0.15, 0.2) is 5.78 Å². The highest BCUT2D eigenvalue weighted by Gasteiger charge is 2.04. The largest absolute Gasteiger partial charge is 0.457 e. The van der Waals surface area contributed by atoms with E-state index in [1.54, 1.807) is 6.08 Å². The zero-order valence-corrected chi connectivity index (χ0v) is 14.2. The summed E-state index contributed by atoms with van der Waals surface area (Å²) in [5, 5.41) is 0. The topological polar surface area (TPSA) is 30.2 Å². The molecule has 3 heteroatoms. The summed E-state index contributed by atoms with van der Waals surface area (Å²) in [4.78, 5) is 12.1. The highest BCUT2D eigenvalue weighted by atomic mass is 79.9. The Morgan fingerprint density at radius 1 is 0.957 bits per heavy atom. The molecule has 0 spiro atoms. The van der Waals surface area contributed by atoms with Crippen molar-refractivity contribution in [2.45, 2.75) is 6.92 Å². The van der Waals surface area contributed by atoms with E-state index in [0.717, 1.165) is 21.4 Å². The van der Waals surface area contributed by atoms with E-state index in [9.17, 15) is 4.79 Å². The van der Waals surface area contributed by atoms with E-state index in [0.29, 0.717) is 11.3 Å². The van der Waals surface area contributed by atoms with Crippen molar-refractivity contribution >= 4 is 27.8 Å². The number of furan rings is 1. The van der Waals surface area contributed by atoms with Crippen LogP contribution in [0, 0.1) is 6.92 Å². The second kappa shape index (κ2) is 6.80. The zero-order valence-electron chi connectivity index (χ0n) is 12.6. The highest BCUT2D eigenvalue weighted by Crippen LogP contribution is 2.24. The van der Waals surface area contributed by atoms with Crippen LogP contribution in [0.5, 0.6) is 0 Å². The molecule has 0 amide bonds. The van der Waals surface area contributed by atoms with Crippen molar-refractivity contribution in [2.75, 3.05) is 0 Å². The Hall–Kier alpha value is -2.39. The quantitative estimate of drug-likeness (QED) is 0.424. The third kappa shape index (κ3) is 3.88. The normalized spacial score (nSPS) is 11.0. The molecular formula is C20H15BrO2. The number of hydrogen-bond acceptors (Lipinski definition) is 2. The van der Waals surface area contributed by atoms with Gasteiger partial charge in [0.2, 0.25) is 0 Å². The van der Waals surface area contributed by atoms with Gasteiger partial charge in [-0.1, -0.05) is 57.9 Å². The molecule has 1 aromatic heterocycles.